The summed E-state index contributed by atoms with van der Waals surface area (Å²) in [6.07, 6.45) is 5.43. The average molecular weight is 299 g/mol. The maximum Gasteiger partial charge on any atom is 0.246 e. The van der Waals surface area contributed by atoms with Gasteiger partial charge in [-0.2, -0.15) is 0 Å². The van der Waals surface area contributed by atoms with Crippen molar-refractivity contribution in [2.45, 2.75) is 24.2 Å². The molecule has 1 fully saturated rings. The number of nitrogens with zero attached hydrogens (tertiary/aromatic N) is 1. The second-order valence-corrected chi connectivity index (χ2v) is 6.37. The molecule has 1 aromatic heterocycles. The molecule has 2 rings (SSSR count). The van der Waals surface area contributed by atoms with Gasteiger partial charge >= 0.3 is 0 Å². The maximum absolute atomic E-state index is 11.9. The smallest absolute Gasteiger partial charge is 0.246 e. The Kier molecular flexibility index (Phi) is 4.56. The zero-order chi connectivity index (χ0) is 14.6. The fourth-order valence-corrected chi connectivity index (χ4v) is 3.13. The number of carbonyl (C=O) groups excluding carboxylic acids is 1. The molecule has 0 atom stereocenters. The topological polar surface area (TPSA) is 99.3 Å². The highest BCUT2D eigenvalue weighted by atomic mass is 32.2. The van der Waals surface area contributed by atoms with Crippen LogP contribution in [0.5, 0.6) is 0 Å². The van der Waals surface area contributed by atoms with Crippen LogP contribution in [0.4, 0.5) is 0 Å². The number of hydrogen-bond donors (Lipinski definition) is 2. The van der Waals surface area contributed by atoms with Crippen molar-refractivity contribution in [3.63, 3.8) is 0 Å². The molecule has 8 heteroatoms. The molecule has 1 aliphatic rings. The molecule has 7 nitrogen and oxygen atoms in total. The molecule has 0 radical (unpaired) electrons. The molecule has 110 valence electrons. The molecular weight excluding hydrogens is 282 g/mol. The molecule has 1 amide bonds. The van der Waals surface area contributed by atoms with Crippen molar-refractivity contribution in [1.29, 1.82) is 0 Å². The van der Waals surface area contributed by atoms with Crippen molar-refractivity contribution < 1.29 is 13.2 Å². The van der Waals surface area contributed by atoms with Gasteiger partial charge in [0.1, 0.15) is 4.90 Å². The lowest BCUT2D eigenvalue weighted by Gasteiger charge is -2.26. The van der Waals surface area contributed by atoms with Crippen molar-refractivity contribution >= 4 is 15.9 Å². The summed E-state index contributed by atoms with van der Waals surface area (Å²) >= 11 is 0. The Bertz CT molecular complexity index is 632. The number of rotatable bonds is 4. The first-order valence-electron chi connectivity index (χ1n) is 6.45. The van der Waals surface area contributed by atoms with Crippen LogP contribution in [0.2, 0.25) is 0 Å². The summed E-state index contributed by atoms with van der Waals surface area (Å²) in [6.45, 7) is 0.996. The summed E-state index contributed by atoms with van der Waals surface area (Å²) in [7, 11) is -3.97. The number of carbonyl (C=O) groups is 1. The number of aromatic nitrogens is 1. The number of likely N-dealkylation sites (tertiary alicyclic amines) is 1. The van der Waals surface area contributed by atoms with E-state index in [4.69, 9.17) is 0 Å². The number of sulfonamides is 1. The van der Waals surface area contributed by atoms with Crippen LogP contribution < -0.4 is 10.2 Å². The highest BCUT2D eigenvalue weighted by Crippen LogP contribution is 2.08. The summed E-state index contributed by atoms with van der Waals surface area (Å²) in [5.74, 6) is -0.263. The Morgan fingerprint density at radius 2 is 2.00 bits per heavy atom. The monoisotopic (exact) mass is 299 g/mol. The summed E-state index contributed by atoms with van der Waals surface area (Å²) in [5, 5.41) is 0. The molecule has 1 saturated heterocycles. The molecule has 0 bridgehead atoms. The average Bonchev–Trinajstić information content (AvgIpc) is 2.46. The third-order valence-electron chi connectivity index (χ3n) is 3.20. The summed E-state index contributed by atoms with van der Waals surface area (Å²) in [6, 6.07) is 1.13. The summed E-state index contributed by atoms with van der Waals surface area (Å²) < 4.78 is 26.1. The summed E-state index contributed by atoms with van der Waals surface area (Å²) in [5.41, 5.74) is -0.610. The third kappa shape index (κ3) is 3.45. The van der Waals surface area contributed by atoms with E-state index in [9.17, 15) is 18.0 Å². The molecule has 2 N–H and O–H groups in total. The Hall–Kier alpha value is -1.67. The van der Waals surface area contributed by atoms with E-state index in [1.54, 1.807) is 4.90 Å². The van der Waals surface area contributed by atoms with E-state index < -0.39 is 15.5 Å². The molecule has 0 saturated carbocycles. The number of pyridine rings is 1. The van der Waals surface area contributed by atoms with Gasteiger partial charge in [0.15, 0.2) is 0 Å². The van der Waals surface area contributed by atoms with E-state index in [2.05, 4.69) is 9.71 Å². The van der Waals surface area contributed by atoms with Crippen LogP contribution in [-0.2, 0) is 14.8 Å². The zero-order valence-corrected chi connectivity index (χ0v) is 11.8. The minimum absolute atomic E-state index is 0.263. The minimum Gasteiger partial charge on any atom is -0.366 e. The number of aromatic amines is 1. The first-order valence-corrected chi connectivity index (χ1v) is 7.93. The molecule has 0 aliphatic carbocycles. The van der Waals surface area contributed by atoms with E-state index >= 15 is 0 Å². The maximum atomic E-state index is 11.9. The second-order valence-electron chi connectivity index (χ2n) is 4.64. The van der Waals surface area contributed by atoms with Crippen molar-refractivity contribution in [3.8, 4) is 0 Å². The van der Waals surface area contributed by atoms with Gasteiger partial charge in [-0.1, -0.05) is 0 Å². The van der Waals surface area contributed by atoms with Crippen LogP contribution in [0.3, 0.4) is 0 Å². The van der Waals surface area contributed by atoms with E-state index in [1.807, 2.05) is 0 Å². The van der Waals surface area contributed by atoms with Crippen LogP contribution in [0.1, 0.15) is 19.3 Å². The van der Waals surface area contributed by atoms with Crippen LogP contribution in [0.25, 0.3) is 0 Å². The normalized spacial score (nSPS) is 16.1. The van der Waals surface area contributed by atoms with Gasteiger partial charge in [0.25, 0.3) is 0 Å². The highest BCUT2D eigenvalue weighted by Gasteiger charge is 2.21. The Balaban J connectivity index is 2.01. The molecule has 20 heavy (non-hydrogen) atoms. The van der Waals surface area contributed by atoms with Gasteiger partial charge in [-0.05, 0) is 19.3 Å². The highest BCUT2D eigenvalue weighted by molar-refractivity contribution is 7.89. The molecule has 0 unspecified atom stereocenters. The van der Waals surface area contributed by atoms with E-state index in [-0.39, 0.29) is 17.3 Å². The van der Waals surface area contributed by atoms with Crippen molar-refractivity contribution in [2.75, 3.05) is 19.6 Å². The molecule has 2 heterocycles. The van der Waals surface area contributed by atoms with E-state index in [0.717, 1.165) is 31.5 Å². The lowest BCUT2D eigenvalue weighted by Crippen LogP contribution is -2.43. The first kappa shape index (κ1) is 14.7. The minimum atomic E-state index is -3.97. The molecule has 1 aromatic rings. The number of piperidine rings is 1. The SMILES string of the molecule is O=C(CNS(=O)(=O)c1c[nH]ccc1=O)N1CCCCC1. The van der Waals surface area contributed by atoms with Gasteiger partial charge in [-0.15, -0.1) is 0 Å². The lowest BCUT2D eigenvalue weighted by molar-refractivity contribution is -0.130. The second kappa shape index (κ2) is 6.19. The van der Waals surface area contributed by atoms with Gasteiger partial charge in [0.05, 0.1) is 6.54 Å². The van der Waals surface area contributed by atoms with Crippen molar-refractivity contribution in [1.82, 2.24) is 14.6 Å². The van der Waals surface area contributed by atoms with Crippen LogP contribution in [0, 0.1) is 0 Å². The number of hydrogen-bond acceptors (Lipinski definition) is 4. The standard InChI is InChI=1S/C12H17N3O4S/c16-10-4-5-13-8-11(10)20(18,19)14-9-12(17)15-6-2-1-3-7-15/h4-5,8,14H,1-3,6-7,9H2,(H,13,16). The predicted octanol–water partition coefficient (Wildman–Crippen LogP) is -0.334. The first-order chi connectivity index (χ1) is 9.50. The van der Waals surface area contributed by atoms with Gasteiger partial charge in [0.2, 0.25) is 21.4 Å². The number of nitrogens with one attached hydrogen (secondary N) is 2. The predicted molar refractivity (Wildman–Crippen MR) is 72.7 cm³/mol. The van der Waals surface area contributed by atoms with Gasteiger partial charge in [-0.3, -0.25) is 9.59 Å². The lowest BCUT2D eigenvalue weighted by atomic mass is 10.1. The molecule has 0 aromatic carbocycles. The Morgan fingerprint density at radius 3 is 2.65 bits per heavy atom. The van der Waals surface area contributed by atoms with Crippen LogP contribution in [0.15, 0.2) is 28.2 Å². The molecular formula is C12H17N3O4S. The largest absolute Gasteiger partial charge is 0.366 e. The quantitative estimate of drug-likeness (QED) is 0.795. The van der Waals surface area contributed by atoms with E-state index in [1.165, 1.54) is 6.20 Å². The zero-order valence-electron chi connectivity index (χ0n) is 11.0. The molecule has 1 aliphatic heterocycles. The Labute approximate surface area is 117 Å². The van der Waals surface area contributed by atoms with E-state index in [0.29, 0.717) is 13.1 Å². The number of H-pyrrole nitrogens is 1. The van der Waals surface area contributed by atoms with Crippen LogP contribution in [-0.4, -0.2) is 43.8 Å². The number of amides is 1. The van der Waals surface area contributed by atoms with Gasteiger partial charge in [-0.25, -0.2) is 13.1 Å². The van der Waals surface area contributed by atoms with Crippen molar-refractivity contribution in [2.24, 2.45) is 0 Å². The van der Waals surface area contributed by atoms with Crippen LogP contribution >= 0.6 is 0 Å². The summed E-state index contributed by atoms with van der Waals surface area (Å²) in [4.78, 5) is 27.2. The molecule has 0 spiro atoms. The van der Waals surface area contributed by atoms with Crippen molar-refractivity contribution in [3.05, 3.63) is 28.7 Å². The Morgan fingerprint density at radius 1 is 1.30 bits per heavy atom. The third-order valence-corrected chi connectivity index (χ3v) is 4.62. The fourth-order valence-electron chi connectivity index (χ4n) is 2.10. The fraction of sp³-hybridized carbons (Fsp3) is 0.500. The van der Waals surface area contributed by atoms with Gasteiger partial charge in [0, 0.05) is 31.5 Å². The van der Waals surface area contributed by atoms with Gasteiger partial charge < -0.3 is 9.88 Å².